The van der Waals surface area contributed by atoms with E-state index >= 15 is 0 Å². The number of hydrogen-bond donors (Lipinski definition) is 3. The number of phenolic OH excluding ortho intramolecular Hbond substituents is 1. The predicted molar refractivity (Wildman–Crippen MR) is 117 cm³/mol. The molecule has 0 bridgehead atoms. The number of hydrogen-bond acceptors (Lipinski definition) is 6. The largest absolute Gasteiger partial charge is 0.507 e. The standard InChI is InChI=1S/C23H21N5O/c1-16-13-22(27-23(26-16)24-14-17-7-3-2-4-8-17)28-25-15-20-19-10-6-5-9-18(19)11-12-21(20)29/h2-13,15,29H,14H2,1H3,(H2,24,26,27,28). The monoisotopic (exact) mass is 383 g/mol. The van der Waals surface area contributed by atoms with Crippen molar-refractivity contribution in [2.45, 2.75) is 13.5 Å². The smallest absolute Gasteiger partial charge is 0.225 e. The molecule has 0 radical (unpaired) electrons. The zero-order valence-electron chi connectivity index (χ0n) is 16.0. The second-order valence-corrected chi connectivity index (χ2v) is 6.65. The van der Waals surface area contributed by atoms with E-state index in [1.807, 2.05) is 73.7 Å². The van der Waals surface area contributed by atoms with E-state index in [9.17, 15) is 5.11 Å². The Hall–Kier alpha value is -3.93. The Bertz CT molecular complexity index is 1160. The molecule has 0 aliphatic heterocycles. The van der Waals surface area contributed by atoms with Crippen molar-refractivity contribution in [3.8, 4) is 5.75 Å². The minimum Gasteiger partial charge on any atom is -0.507 e. The number of benzene rings is 3. The SMILES string of the molecule is Cc1cc(NN=Cc2c(O)ccc3ccccc23)nc(NCc2ccccc2)n1. The first-order valence-corrected chi connectivity index (χ1v) is 9.32. The second kappa shape index (κ2) is 8.39. The van der Waals surface area contributed by atoms with Crippen LogP contribution in [0.4, 0.5) is 11.8 Å². The molecule has 0 unspecified atom stereocenters. The highest BCUT2D eigenvalue weighted by Gasteiger charge is 2.05. The van der Waals surface area contributed by atoms with E-state index in [4.69, 9.17) is 0 Å². The number of nitrogens with zero attached hydrogens (tertiary/aromatic N) is 3. The van der Waals surface area contributed by atoms with Gasteiger partial charge in [-0.15, -0.1) is 0 Å². The van der Waals surface area contributed by atoms with E-state index in [0.717, 1.165) is 22.0 Å². The third-order valence-electron chi connectivity index (χ3n) is 4.47. The second-order valence-electron chi connectivity index (χ2n) is 6.65. The lowest BCUT2D eigenvalue weighted by molar-refractivity contribution is 0.475. The van der Waals surface area contributed by atoms with Gasteiger partial charge in [0, 0.05) is 23.9 Å². The lowest BCUT2D eigenvalue weighted by atomic mass is 10.0. The van der Waals surface area contributed by atoms with Gasteiger partial charge in [-0.25, -0.2) is 4.98 Å². The summed E-state index contributed by atoms with van der Waals surface area (Å²) >= 11 is 0. The van der Waals surface area contributed by atoms with Crippen LogP contribution in [0.5, 0.6) is 5.75 Å². The quantitative estimate of drug-likeness (QED) is 0.332. The summed E-state index contributed by atoms with van der Waals surface area (Å²) in [5, 5.41) is 19.7. The maximum Gasteiger partial charge on any atom is 0.225 e. The first kappa shape index (κ1) is 18.4. The number of rotatable bonds is 6. The van der Waals surface area contributed by atoms with Gasteiger partial charge in [-0.3, -0.25) is 5.43 Å². The van der Waals surface area contributed by atoms with Gasteiger partial charge in [0.25, 0.3) is 0 Å². The molecular formula is C23H21N5O. The van der Waals surface area contributed by atoms with Crippen molar-refractivity contribution in [3.63, 3.8) is 0 Å². The summed E-state index contributed by atoms with van der Waals surface area (Å²) in [4.78, 5) is 8.87. The molecule has 3 N–H and O–H groups in total. The Morgan fingerprint density at radius 1 is 0.966 bits per heavy atom. The Balaban J connectivity index is 1.50. The van der Waals surface area contributed by atoms with Crippen LogP contribution in [0.2, 0.25) is 0 Å². The molecule has 29 heavy (non-hydrogen) atoms. The molecular weight excluding hydrogens is 362 g/mol. The molecule has 4 rings (SSSR count). The van der Waals surface area contributed by atoms with E-state index in [0.29, 0.717) is 23.9 Å². The highest BCUT2D eigenvalue weighted by molar-refractivity contribution is 6.02. The zero-order chi connectivity index (χ0) is 20.1. The summed E-state index contributed by atoms with van der Waals surface area (Å²) in [6, 6.07) is 23.3. The van der Waals surface area contributed by atoms with Crippen LogP contribution >= 0.6 is 0 Å². The molecule has 144 valence electrons. The van der Waals surface area contributed by atoms with E-state index in [-0.39, 0.29) is 5.75 Å². The lowest BCUT2D eigenvalue weighted by Crippen LogP contribution is -2.06. The molecule has 0 aliphatic rings. The van der Waals surface area contributed by atoms with Gasteiger partial charge in [0.2, 0.25) is 5.95 Å². The highest BCUT2D eigenvalue weighted by atomic mass is 16.3. The lowest BCUT2D eigenvalue weighted by Gasteiger charge is -2.08. The Kier molecular flexibility index (Phi) is 5.33. The van der Waals surface area contributed by atoms with Crippen LogP contribution in [-0.2, 0) is 6.54 Å². The molecule has 6 nitrogen and oxygen atoms in total. The molecule has 0 fully saturated rings. The number of nitrogens with one attached hydrogen (secondary N) is 2. The summed E-state index contributed by atoms with van der Waals surface area (Å²) in [5.74, 6) is 1.28. The number of hydrazone groups is 1. The predicted octanol–water partition coefficient (Wildman–Crippen LogP) is 4.70. The molecule has 0 spiro atoms. The first-order valence-electron chi connectivity index (χ1n) is 9.32. The average Bonchev–Trinajstić information content (AvgIpc) is 2.74. The van der Waals surface area contributed by atoms with Gasteiger partial charge in [0.15, 0.2) is 5.82 Å². The maximum atomic E-state index is 10.2. The fourth-order valence-electron chi connectivity index (χ4n) is 3.06. The van der Waals surface area contributed by atoms with E-state index in [1.54, 1.807) is 12.3 Å². The van der Waals surface area contributed by atoms with Gasteiger partial charge in [-0.05, 0) is 29.3 Å². The Morgan fingerprint density at radius 2 is 1.76 bits per heavy atom. The number of phenols is 1. The fourth-order valence-corrected chi connectivity index (χ4v) is 3.06. The van der Waals surface area contributed by atoms with Gasteiger partial charge >= 0.3 is 0 Å². The van der Waals surface area contributed by atoms with Crippen molar-refractivity contribution in [2.24, 2.45) is 5.10 Å². The number of aryl methyl sites for hydroxylation is 1. The minimum atomic E-state index is 0.179. The topological polar surface area (TPSA) is 82.4 Å². The number of aromatic nitrogens is 2. The van der Waals surface area contributed by atoms with Crippen molar-refractivity contribution >= 4 is 28.8 Å². The third kappa shape index (κ3) is 4.50. The van der Waals surface area contributed by atoms with Gasteiger partial charge in [0.05, 0.1) is 6.21 Å². The van der Waals surface area contributed by atoms with Crippen LogP contribution in [-0.4, -0.2) is 21.3 Å². The zero-order valence-corrected chi connectivity index (χ0v) is 16.0. The highest BCUT2D eigenvalue weighted by Crippen LogP contribution is 2.25. The molecule has 6 heteroatoms. The summed E-state index contributed by atoms with van der Waals surface area (Å²) in [6.07, 6.45) is 1.60. The van der Waals surface area contributed by atoms with E-state index in [2.05, 4.69) is 25.8 Å². The van der Waals surface area contributed by atoms with Crippen LogP contribution in [0.25, 0.3) is 10.8 Å². The van der Waals surface area contributed by atoms with Crippen LogP contribution in [0.15, 0.2) is 77.9 Å². The molecule has 1 heterocycles. The van der Waals surface area contributed by atoms with E-state index < -0.39 is 0 Å². The molecule has 0 amide bonds. The molecule has 1 aromatic heterocycles. The van der Waals surface area contributed by atoms with Gasteiger partial charge < -0.3 is 10.4 Å². The normalized spacial score (nSPS) is 11.1. The minimum absolute atomic E-state index is 0.179. The summed E-state index contributed by atoms with van der Waals surface area (Å²) in [7, 11) is 0. The van der Waals surface area contributed by atoms with Crippen molar-refractivity contribution in [1.82, 2.24) is 9.97 Å². The Morgan fingerprint density at radius 3 is 2.62 bits per heavy atom. The van der Waals surface area contributed by atoms with Crippen LogP contribution < -0.4 is 10.7 Å². The number of anilines is 2. The van der Waals surface area contributed by atoms with Gasteiger partial charge in [-0.1, -0.05) is 60.7 Å². The average molecular weight is 383 g/mol. The summed E-state index contributed by atoms with van der Waals surface area (Å²) < 4.78 is 0. The number of fused-ring (bicyclic) bond motifs is 1. The summed E-state index contributed by atoms with van der Waals surface area (Å²) in [6.45, 7) is 2.54. The van der Waals surface area contributed by atoms with Crippen molar-refractivity contribution < 1.29 is 5.11 Å². The van der Waals surface area contributed by atoms with E-state index in [1.165, 1.54) is 0 Å². The van der Waals surface area contributed by atoms with Crippen LogP contribution in [0.1, 0.15) is 16.8 Å². The van der Waals surface area contributed by atoms with Gasteiger partial charge in [-0.2, -0.15) is 10.1 Å². The molecule has 0 aliphatic carbocycles. The van der Waals surface area contributed by atoms with Crippen molar-refractivity contribution in [3.05, 3.63) is 89.6 Å². The van der Waals surface area contributed by atoms with Crippen molar-refractivity contribution in [1.29, 1.82) is 0 Å². The summed E-state index contributed by atoms with van der Waals surface area (Å²) in [5.41, 5.74) is 5.56. The molecule has 0 atom stereocenters. The first-order chi connectivity index (χ1) is 14.2. The third-order valence-corrected chi connectivity index (χ3v) is 4.47. The molecule has 3 aromatic carbocycles. The molecule has 0 saturated heterocycles. The number of aromatic hydroxyl groups is 1. The maximum absolute atomic E-state index is 10.2. The molecule has 4 aromatic rings. The van der Waals surface area contributed by atoms with Crippen LogP contribution in [0, 0.1) is 6.92 Å². The fraction of sp³-hybridized carbons (Fsp3) is 0.0870. The van der Waals surface area contributed by atoms with Crippen LogP contribution in [0.3, 0.4) is 0 Å². The van der Waals surface area contributed by atoms with Crippen molar-refractivity contribution in [2.75, 3.05) is 10.7 Å². The molecule has 0 saturated carbocycles. The Labute approximate surface area is 169 Å². The van der Waals surface area contributed by atoms with Gasteiger partial charge in [0.1, 0.15) is 5.75 Å².